The van der Waals surface area contributed by atoms with E-state index in [0.29, 0.717) is 18.6 Å². The lowest BCUT2D eigenvalue weighted by Gasteiger charge is -2.13. The number of hydrogen-bond donors (Lipinski definition) is 0. The summed E-state index contributed by atoms with van der Waals surface area (Å²) in [7, 11) is -3.90. The third-order valence-corrected chi connectivity index (χ3v) is 5.60. The Hall–Kier alpha value is -1.87. The zero-order valence-corrected chi connectivity index (χ0v) is 15.4. The van der Waals surface area contributed by atoms with E-state index in [4.69, 9.17) is 4.28 Å². The Labute approximate surface area is 150 Å². The van der Waals surface area contributed by atoms with Gasteiger partial charge in [0.1, 0.15) is 4.90 Å². The van der Waals surface area contributed by atoms with Gasteiger partial charge in [-0.3, -0.25) is 4.28 Å². The molecule has 25 heavy (non-hydrogen) atoms. The topological polar surface area (TPSA) is 79.5 Å². The van der Waals surface area contributed by atoms with Gasteiger partial charge in [-0.05, 0) is 31.4 Å². The lowest BCUT2D eigenvalue weighted by Crippen LogP contribution is -2.11. The van der Waals surface area contributed by atoms with Crippen molar-refractivity contribution >= 4 is 15.8 Å². The molecular formula is C19H26N2O3S. The van der Waals surface area contributed by atoms with Crippen LogP contribution in [0.2, 0.25) is 0 Å². The van der Waals surface area contributed by atoms with Crippen LogP contribution in [0.5, 0.6) is 0 Å². The van der Waals surface area contributed by atoms with Crippen LogP contribution in [0.4, 0.5) is 0 Å². The van der Waals surface area contributed by atoms with Crippen molar-refractivity contribution in [3.05, 3.63) is 30.3 Å². The minimum Gasteiger partial charge on any atom is -0.265 e. The van der Waals surface area contributed by atoms with Gasteiger partial charge in [-0.1, -0.05) is 61.9 Å². The second-order valence-electron chi connectivity index (χ2n) is 6.54. The average molecular weight is 362 g/mol. The Morgan fingerprint density at radius 3 is 2.32 bits per heavy atom. The van der Waals surface area contributed by atoms with Crippen LogP contribution in [0, 0.1) is 17.2 Å². The largest absolute Gasteiger partial charge is 0.358 e. The minimum absolute atomic E-state index is 0.0873. The highest BCUT2D eigenvalue weighted by Crippen LogP contribution is 2.20. The summed E-state index contributed by atoms with van der Waals surface area (Å²) in [6.45, 7) is 0. The molecule has 0 spiro atoms. The van der Waals surface area contributed by atoms with Gasteiger partial charge in [0.25, 0.3) is 0 Å². The highest BCUT2D eigenvalue weighted by molar-refractivity contribution is 7.86. The summed E-state index contributed by atoms with van der Waals surface area (Å²) in [5.41, 5.74) is 0.673. The van der Waals surface area contributed by atoms with E-state index < -0.39 is 10.1 Å². The number of nitrogens with zero attached hydrogens (tertiary/aromatic N) is 2. The van der Waals surface area contributed by atoms with Gasteiger partial charge < -0.3 is 0 Å². The van der Waals surface area contributed by atoms with Crippen molar-refractivity contribution in [2.45, 2.75) is 69.1 Å². The van der Waals surface area contributed by atoms with Crippen LogP contribution in [0.3, 0.4) is 0 Å². The van der Waals surface area contributed by atoms with Gasteiger partial charge in [-0.25, -0.2) is 0 Å². The molecule has 0 aliphatic heterocycles. The van der Waals surface area contributed by atoms with Crippen LogP contribution < -0.4 is 0 Å². The van der Waals surface area contributed by atoms with E-state index in [-0.39, 0.29) is 10.8 Å². The van der Waals surface area contributed by atoms with Crippen LogP contribution in [0.15, 0.2) is 40.4 Å². The Morgan fingerprint density at radius 1 is 1.00 bits per heavy atom. The molecule has 1 fully saturated rings. The molecule has 2 rings (SSSR count). The van der Waals surface area contributed by atoms with Crippen molar-refractivity contribution in [2.75, 3.05) is 0 Å². The van der Waals surface area contributed by atoms with Gasteiger partial charge in [0.15, 0.2) is 0 Å². The summed E-state index contributed by atoms with van der Waals surface area (Å²) in [6, 6.07) is 10.3. The Bertz CT molecular complexity index is 693. The van der Waals surface area contributed by atoms with E-state index in [1.165, 1.54) is 31.4 Å². The summed E-state index contributed by atoms with van der Waals surface area (Å²) >= 11 is 0. The molecular weight excluding hydrogens is 336 g/mol. The molecule has 1 aromatic rings. The normalized spacial score (nSPS) is 22.4. The maximum Gasteiger partial charge on any atom is 0.358 e. The second-order valence-corrected chi connectivity index (χ2v) is 8.07. The van der Waals surface area contributed by atoms with Crippen LogP contribution in [-0.4, -0.2) is 14.1 Å². The van der Waals surface area contributed by atoms with Crippen molar-refractivity contribution in [1.29, 1.82) is 5.26 Å². The molecule has 6 heteroatoms. The third kappa shape index (κ3) is 6.87. The summed E-state index contributed by atoms with van der Waals surface area (Å²) in [5.74, 6) is -0.124. The molecule has 1 saturated carbocycles. The van der Waals surface area contributed by atoms with Gasteiger partial charge in [0, 0.05) is 6.42 Å². The fourth-order valence-corrected chi connectivity index (χ4v) is 3.80. The molecule has 5 nitrogen and oxygen atoms in total. The zero-order valence-electron chi connectivity index (χ0n) is 14.6. The first-order valence-corrected chi connectivity index (χ1v) is 10.5. The number of nitriles is 1. The molecule has 1 aromatic carbocycles. The van der Waals surface area contributed by atoms with Crippen LogP contribution in [-0.2, 0) is 14.4 Å². The average Bonchev–Trinajstić information content (AvgIpc) is 2.62. The Kier molecular flexibility index (Phi) is 7.93. The van der Waals surface area contributed by atoms with Crippen LogP contribution >= 0.6 is 0 Å². The van der Waals surface area contributed by atoms with Crippen molar-refractivity contribution in [3.8, 4) is 6.07 Å². The number of benzene rings is 1. The number of rotatable bonds is 3. The van der Waals surface area contributed by atoms with E-state index in [1.54, 1.807) is 18.2 Å². The summed E-state index contributed by atoms with van der Waals surface area (Å²) in [5, 5.41) is 13.3. The van der Waals surface area contributed by atoms with Gasteiger partial charge in [0.2, 0.25) is 0 Å². The smallest absolute Gasteiger partial charge is 0.265 e. The lowest BCUT2D eigenvalue weighted by atomic mass is 9.93. The lowest BCUT2D eigenvalue weighted by molar-refractivity contribution is 0.334. The molecule has 136 valence electrons. The van der Waals surface area contributed by atoms with E-state index in [1.807, 2.05) is 0 Å². The van der Waals surface area contributed by atoms with Crippen LogP contribution in [0.1, 0.15) is 64.2 Å². The zero-order chi connectivity index (χ0) is 18.0. The molecule has 1 aliphatic rings. The first kappa shape index (κ1) is 19.5. The first-order valence-electron chi connectivity index (χ1n) is 9.06. The van der Waals surface area contributed by atoms with Gasteiger partial charge in [-0.15, -0.1) is 0 Å². The predicted octanol–water partition coefficient (Wildman–Crippen LogP) is 4.80. The minimum atomic E-state index is -3.90. The quantitative estimate of drug-likeness (QED) is 0.723. The third-order valence-electron chi connectivity index (χ3n) is 4.48. The van der Waals surface area contributed by atoms with Gasteiger partial charge in [-0.2, -0.15) is 13.7 Å². The molecule has 1 unspecified atom stereocenters. The first-order chi connectivity index (χ1) is 12.1. The SMILES string of the molecule is N#CC1CCCCCCCCC/C(=N\OS(=O)(=O)c2ccccc2)C1. The maximum absolute atomic E-state index is 12.2. The highest BCUT2D eigenvalue weighted by Gasteiger charge is 2.17. The Balaban J connectivity index is 2.08. The molecule has 0 radical (unpaired) electrons. The molecule has 1 aliphatic carbocycles. The van der Waals surface area contributed by atoms with E-state index >= 15 is 0 Å². The molecule has 0 bridgehead atoms. The standard InChI is InChI=1S/C19H26N2O3S/c20-16-17-11-7-4-2-1-3-5-8-12-18(15-17)21-24-25(22,23)19-13-9-6-10-14-19/h6,9-10,13-14,17H,1-5,7-8,11-12,15H2/b21-18+. The van der Waals surface area contributed by atoms with E-state index in [0.717, 1.165) is 32.1 Å². The summed E-state index contributed by atoms with van der Waals surface area (Å²) in [6.07, 6.45) is 9.90. The van der Waals surface area contributed by atoms with E-state index in [2.05, 4.69) is 11.2 Å². The molecule has 1 atom stereocenters. The van der Waals surface area contributed by atoms with Crippen molar-refractivity contribution < 1.29 is 12.7 Å². The highest BCUT2D eigenvalue weighted by atomic mass is 32.2. The summed E-state index contributed by atoms with van der Waals surface area (Å²) in [4.78, 5) is 0.0873. The molecule has 0 heterocycles. The fourth-order valence-electron chi connectivity index (χ4n) is 3.02. The van der Waals surface area contributed by atoms with Gasteiger partial charge in [0.05, 0.1) is 17.7 Å². The summed E-state index contributed by atoms with van der Waals surface area (Å²) < 4.78 is 29.3. The Morgan fingerprint density at radius 2 is 1.64 bits per heavy atom. The molecule has 0 aromatic heterocycles. The monoisotopic (exact) mass is 362 g/mol. The van der Waals surface area contributed by atoms with Crippen molar-refractivity contribution in [3.63, 3.8) is 0 Å². The van der Waals surface area contributed by atoms with Gasteiger partial charge >= 0.3 is 10.1 Å². The molecule has 0 saturated heterocycles. The van der Waals surface area contributed by atoms with Crippen molar-refractivity contribution in [1.82, 2.24) is 0 Å². The van der Waals surface area contributed by atoms with Crippen LogP contribution in [0.25, 0.3) is 0 Å². The number of oxime groups is 1. The second kappa shape index (κ2) is 10.2. The molecule has 0 amide bonds. The molecule has 0 N–H and O–H groups in total. The number of hydrogen-bond acceptors (Lipinski definition) is 5. The van der Waals surface area contributed by atoms with E-state index in [9.17, 15) is 13.7 Å². The van der Waals surface area contributed by atoms with Crippen molar-refractivity contribution in [2.24, 2.45) is 11.1 Å². The fraction of sp³-hybridized carbons (Fsp3) is 0.579. The predicted molar refractivity (Wildman–Crippen MR) is 97.4 cm³/mol. The maximum atomic E-state index is 12.2.